The van der Waals surface area contributed by atoms with E-state index in [9.17, 15) is 0 Å². The first kappa shape index (κ1) is 15.3. The van der Waals surface area contributed by atoms with Crippen LogP contribution in [0.1, 0.15) is 6.92 Å². The van der Waals surface area contributed by atoms with Crippen molar-refractivity contribution in [2.24, 2.45) is 0 Å². The number of imidazole rings is 1. The molecular formula is C15H17BrN8. The summed E-state index contributed by atoms with van der Waals surface area (Å²) >= 11 is 3.37. The van der Waals surface area contributed by atoms with Crippen LogP contribution in [-0.4, -0.2) is 55.7 Å². The Labute approximate surface area is 147 Å². The summed E-state index contributed by atoms with van der Waals surface area (Å²) in [6.45, 7) is 6.33. The van der Waals surface area contributed by atoms with Gasteiger partial charge in [-0.1, -0.05) is 0 Å². The van der Waals surface area contributed by atoms with Gasteiger partial charge in [-0.05, 0) is 22.9 Å². The Morgan fingerprint density at radius 3 is 2.38 bits per heavy atom. The second kappa shape index (κ2) is 6.31. The van der Waals surface area contributed by atoms with Crippen molar-refractivity contribution >= 4 is 38.9 Å². The molecule has 1 saturated heterocycles. The molecule has 0 aromatic carbocycles. The van der Waals surface area contributed by atoms with Crippen molar-refractivity contribution in [2.75, 3.05) is 36.0 Å². The number of piperazine rings is 1. The van der Waals surface area contributed by atoms with Crippen LogP contribution in [-0.2, 0) is 6.54 Å². The summed E-state index contributed by atoms with van der Waals surface area (Å²) in [6, 6.07) is 0. The lowest BCUT2D eigenvalue weighted by molar-refractivity contribution is 0.635. The minimum atomic E-state index is 0.765. The molecule has 0 radical (unpaired) electrons. The van der Waals surface area contributed by atoms with Crippen molar-refractivity contribution in [3.05, 3.63) is 29.5 Å². The first-order valence-corrected chi connectivity index (χ1v) is 8.69. The number of rotatable bonds is 3. The normalized spacial score (nSPS) is 15.2. The first-order chi connectivity index (χ1) is 11.8. The molecule has 0 saturated carbocycles. The number of anilines is 2. The SMILES string of the molecule is CCn1cnc2c(N3CCN(c4ncc(Br)cn4)CC3)ncnc21. The van der Waals surface area contributed by atoms with E-state index in [0.29, 0.717) is 0 Å². The lowest BCUT2D eigenvalue weighted by Crippen LogP contribution is -2.47. The fourth-order valence-corrected chi connectivity index (χ4v) is 3.12. The lowest BCUT2D eigenvalue weighted by atomic mass is 10.3. The first-order valence-electron chi connectivity index (χ1n) is 7.89. The summed E-state index contributed by atoms with van der Waals surface area (Å²) in [5, 5.41) is 0. The molecule has 0 bridgehead atoms. The molecule has 124 valence electrons. The van der Waals surface area contributed by atoms with Gasteiger partial charge in [0.15, 0.2) is 17.0 Å². The summed E-state index contributed by atoms with van der Waals surface area (Å²) in [7, 11) is 0. The standard InChI is InChI=1S/C15H17BrN8/c1-2-22-10-21-12-13(22)19-9-20-14(12)23-3-5-24(6-4-23)15-17-7-11(16)8-18-15/h7-10H,2-6H2,1H3. The monoisotopic (exact) mass is 388 g/mol. The van der Waals surface area contributed by atoms with E-state index in [2.05, 4.69) is 57.6 Å². The van der Waals surface area contributed by atoms with Gasteiger partial charge in [-0.2, -0.15) is 0 Å². The molecule has 0 N–H and O–H groups in total. The number of halogens is 1. The van der Waals surface area contributed by atoms with Crippen molar-refractivity contribution in [1.82, 2.24) is 29.5 Å². The molecule has 1 aliphatic rings. The molecule has 0 spiro atoms. The molecular weight excluding hydrogens is 372 g/mol. The van der Waals surface area contributed by atoms with Crippen LogP contribution < -0.4 is 9.80 Å². The van der Waals surface area contributed by atoms with Gasteiger partial charge in [0.2, 0.25) is 5.95 Å². The molecule has 0 amide bonds. The van der Waals surface area contributed by atoms with Crippen LogP contribution in [0.5, 0.6) is 0 Å². The number of aryl methyl sites for hydroxylation is 1. The van der Waals surface area contributed by atoms with Gasteiger partial charge < -0.3 is 14.4 Å². The highest BCUT2D eigenvalue weighted by molar-refractivity contribution is 9.10. The Kier molecular flexibility index (Phi) is 4.01. The molecule has 4 rings (SSSR count). The zero-order chi connectivity index (χ0) is 16.5. The number of hydrogen-bond acceptors (Lipinski definition) is 7. The van der Waals surface area contributed by atoms with Gasteiger partial charge in [0.1, 0.15) is 6.33 Å². The predicted molar refractivity (Wildman–Crippen MR) is 95.2 cm³/mol. The maximum atomic E-state index is 4.50. The van der Waals surface area contributed by atoms with E-state index in [-0.39, 0.29) is 0 Å². The lowest BCUT2D eigenvalue weighted by Gasteiger charge is -2.35. The van der Waals surface area contributed by atoms with Crippen LogP contribution in [0, 0.1) is 0 Å². The van der Waals surface area contributed by atoms with Crippen LogP contribution in [0.3, 0.4) is 0 Å². The number of fused-ring (bicyclic) bond motifs is 1. The molecule has 3 aromatic rings. The van der Waals surface area contributed by atoms with Crippen LogP contribution in [0.25, 0.3) is 11.2 Å². The van der Waals surface area contributed by atoms with Crippen molar-refractivity contribution in [1.29, 1.82) is 0 Å². The zero-order valence-corrected chi connectivity index (χ0v) is 14.9. The van der Waals surface area contributed by atoms with E-state index in [1.165, 1.54) is 0 Å². The number of hydrogen-bond donors (Lipinski definition) is 0. The van der Waals surface area contributed by atoms with Gasteiger partial charge in [-0.15, -0.1) is 0 Å². The molecule has 0 atom stereocenters. The van der Waals surface area contributed by atoms with Gasteiger partial charge in [0.25, 0.3) is 0 Å². The predicted octanol–water partition coefficient (Wildman–Crippen LogP) is 1.73. The van der Waals surface area contributed by atoms with E-state index in [1.54, 1.807) is 18.7 Å². The third-order valence-corrected chi connectivity index (χ3v) is 4.60. The topological polar surface area (TPSA) is 75.9 Å². The summed E-state index contributed by atoms with van der Waals surface area (Å²) in [4.78, 5) is 26.5. The minimum Gasteiger partial charge on any atom is -0.351 e. The Bertz CT molecular complexity index is 838. The van der Waals surface area contributed by atoms with Gasteiger partial charge in [0, 0.05) is 45.1 Å². The van der Waals surface area contributed by atoms with E-state index >= 15 is 0 Å². The van der Waals surface area contributed by atoms with Gasteiger partial charge >= 0.3 is 0 Å². The maximum absolute atomic E-state index is 4.50. The summed E-state index contributed by atoms with van der Waals surface area (Å²) < 4.78 is 2.92. The largest absolute Gasteiger partial charge is 0.351 e. The highest BCUT2D eigenvalue weighted by atomic mass is 79.9. The highest BCUT2D eigenvalue weighted by Crippen LogP contribution is 2.23. The Morgan fingerprint density at radius 1 is 0.958 bits per heavy atom. The van der Waals surface area contributed by atoms with Crippen LogP contribution in [0.15, 0.2) is 29.5 Å². The number of nitrogens with zero attached hydrogens (tertiary/aromatic N) is 8. The summed E-state index contributed by atoms with van der Waals surface area (Å²) in [6.07, 6.45) is 7.00. The van der Waals surface area contributed by atoms with Crippen LogP contribution in [0.2, 0.25) is 0 Å². The van der Waals surface area contributed by atoms with Crippen LogP contribution >= 0.6 is 15.9 Å². The Hall–Kier alpha value is -2.29. The molecule has 1 fully saturated rings. The molecule has 9 heteroatoms. The quantitative estimate of drug-likeness (QED) is 0.675. The minimum absolute atomic E-state index is 0.765. The van der Waals surface area contributed by atoms with E-state index in [4.69, 9.17) is 0 Å². The summed E-state index contributed by atoms with van der Waals surface area (Å²) in [5.74, 6) is 1.67. The van der Waals surface area contributed by atoms with Crippen molar-refractivity contribution in [2.45, 2.75) is 13.5 Å². The Balaban J connectivity index is 1.54. The third kappa shape index (κ3) is 2.68. The van der Waals surface area contributed by atoms with Gasteiger partial charge in [-0.3, -0.25) is 0 Å². The third-order valence-electron chi connectivity index (χ3n) is 4.19. The average molecular weight is 389 g/mol. The van der Waals surface area contributed by atoms with E-state index in [1.807, 2.05) is 10.9 Å². The molecule has 8 nitrogen and oxygen atoms in total. The molecule has 3 aromatic heterocycles. The van der Waals surface area contributed by atoms with Crippen molar-refractivity contribution < 1.29 is 0 Å². The fourth-order valence-electron chi connectivity index (χ4n) is 2.92. The average Bonchev–Trinajstić information content (AvgIpc) is 3.06. The fraction of sp³-hybridized carbons (Fsp3) is 0.400. The zero-order valence-electron chi connectivity index (χ0n) is 13.3. The maximum Gasteiger partial charge on any atom is 0.225 e. The molecule has 0 aliphatic carbocycles. The van der Waals surface area contributed by atoms with Crippen LogP contribution in [0.4, 0.5) is 11.8 Å². The van der Waals surface area contributed by atoms with Gasteiger partial charge in [-0.25, -0.2) is 24.9 Å². The highest BCUT2D eigenvalue weighted by Gasteiger charge is 2.22. The smallest absolute Gasteiger partial charge is 0.225 e. The summed E-state index contributed by atoms with van der Waals surface area (Å²) in [5.41, 5.74) is 1.76. The van der Waals surface area contributed by atoms with E-state index in [0.717, 1.165) is 60.1 Å². The van der Waals surface area contributed by atoms with E-state index < -0.39 is 0 Å². The Morgan fingerprint density at radius 2 is 1.67 bits per heavy atom. The van der Waals surface area contributed by atoms with Gasteiger partial charge in [0.05, 0.1) is 10.8 Å². The molecule has 24 heavy (non-hydrogen) atoms. The second-order valence-electron chi connectivity index (χ2n) is 5.58. The second-order valence-corrected chi connectivity index (χ2v) is 6.49. The molecule has 4 heterocycles. The molecule has 1 aliphatic heterocycles. The van der Waals surface area contributed by atoms with Crippen molar-refractivity contribution in [3.63, 3.8) is 0 Å². The number of aromatic nitrogens is 6. The van der Waals surface area contributed by atoms with Crippen molar-refractivity contribution in [3.8, 4) is 0 Å². The molecule has 0 unspecified atom stereocenters.